The van der Waals surface area contributed by atoms with Gasteiger partial charge in [-0.15, -0.1) is 0 Å². The van der Waals surface area contributed by atoms with Crippen LogP contribution in [0.3, 0.4) is 0 Å². The van der Waals surface area contributed by atoms with Crippen molar-refractivity contribution in [2.45, 2.75) is 18.5 Å². The molecule has 0 saturated carbocycles. The maximum Gasteiger partial charge on any atom is 0.441 e. The lowest BCUT2D eigenvalue weighted by molar-refractivity contribution is -0.0328. The molecule has 0 bridgehead atoms. The van der Waals surface area contributed by atoms with E-state index in [-0.39, 0.29) is 17.5 Å². The molecule has 0 aliphatic rings. The summed E-state index contributed by atoms with van der Waals surface area (Å²) in [5.41, 5.74) is -3.09. The lowest BCUT2D eigenvalue weighted by Crippen LogP contribution is -2.03. The third-order valence-electron chi connectivity index (χ3n) is 1.81. The smallest absolute Gasteiger partial charge is 0.377 e. The van der Waals surface area contributed by atoms with E-state index in [1.807, 2.05) is 30.3 Å². The van der Waals surface area contributed by atoms with Crippen LogP contribution in [0.25, 0.3) is 0 Å². The number of halogens is 3. The Morgan fingerprint density at radius 3 is 2.44 bits per heavy atom. The number of benzene rings is 1. The first-order valence-corrected chi connectivity index (χ1v) is 5.89. The van der Waals surface area contributed by atoms with Gasteiger partial charge in [0.2, 0.25) is 0 Å². The van der Waals surface area contributed by atoms with Crippen LogP contribution < -0.4 is 0 Å². The minimum atomic E-state index is -4.13. The number of ether oxygens (including phenoxy) is 1. The van der Waals surface area contributed by atoms with Crippen LogP contribution in [0.2, 0.25) is 0 Å². The highest BCUT2D eigenvalue weighted by Crippen LogP contribution is 2.30. The highest BCUT2D eigenvalue weighted by molar-refractivity contribution is 8.00. The summed E-state index contributed by atoms with van der Waals surface area (Å²) >= 11 is -0.000181. The fraction of sp³-hybridized carbons (Fsp3) is 0.455. The highest BCUT2D eigenvalue weighted by Gasteiger charge is 2.27. The second-order valence-electron chi connectivity index (χ2n) is 3.19. The molecule has 0 N–H and O–H groups in total. The van der Waals surface area contributed by atoms with Crippen molar-refractivity contribution in [2.75, 3.05) is 12.4 Å². The summed E-state index contributed by atoms with van der Waals surface area (Å²) in [6.45, 7) is 0.815. The molecule has 0 amide bonds. The van der Waals surface area contributed by atoms with Gasteiger partial charge in [0.25, 0.3) is 0 Å². The van der Waals surface area contributed by atoms with Crippen molar-refractivity contribution < 1.29 is 17.9 Å². The number of rotatable bonds is 6. The molecule has 0 aromatic heterocycles. The lowest BCUT2D eigenvalue weighted by Gasteiger charge is -2.06. The molecule has 1 nitrogen and oxygen atoms in total. The van der Waals surface area contributed by atoms with Crippen LogP contribution in [0.4, 0.5) is 13.2 Å². The minimum Gasteiger partial charge on any atom is -0.377 e. The van der Waals surface area contributed by atoms with E-state index in [0.29, 0.717) is 19.6 Å². The van der Waals surface area contributed by atoms with Crippen LogP contribution in [-0.2, 0) is 11.3 Å². The molecule has 5 heteroatoms. The van der Waals surface area contributed by atoms with E-state index in [1.54, 1.807) is 0 Å². The zero-order valence-electron chi connectivity index (χ0n) is 8.67. The first-order valence-electron chi connectivity index (χ1n) is 4.90. The van der Waals surface area contributed by atoms with Gasteiger partial charge in [0.05, 0.1) is 6.61 Å². The van der Waals surface area contributed by atoms with Crippen LogP contribution in [0.1, 0.15) is 12.0 Å². The Labute approximate surface area is 97.0 Å². The van der Waals surface area contributed by atoms with Crippen LogP contribution in [0.5, 0.6) is 0 Å². The predicted molar refractivity (Wildman–Crippen MR) is 59.2 cm³/mol. The van der Waals surface area contributed by atoms with Crippen LogP contribution in [0, 0.1) is 0 Å². The maximum absolute atomic E-state index is 11.8. The second-order valence-corrected chi connectivity index (χ2v) is 4.35. The van der Waals surface area contributed by atoms with Crippen LogP contribution in [-0.4, -0.2) is 17.9 Å². The molecule has 16 heavy (non-hydrogen) atoms. The number of alkyl halides is 3. The van der Waals surface area contributed by atoms with Gasteiger partial charge in [-0.05, 0) is 12.0 Å². The fourth-order valence-corrected chi connectivity index (χ4v) is 1.61. The first-order chi connectivity index (χ1) is 7.58. The van der Waals surface area contributed by atoms with Crippen molar-refractivity contribution in [3.8, 4) is 0 Å². The molecule has 0 spiro atoms. The third kappa shape index (κ3) is 6.74. The molecule has 1 aromatic rings. The Morgan fingerprint density at radius 1 is 1.12 bits per heavy atom. The van der Waals surface area contributed by atoms with Gasteiger partial charge in [-0.1, -0.05) is 42.1 Å². The van der Waals surface area contributed by atoms with E-state index in [1.165, 1.54) is 0 Å². The predicted octanol–water partition coefficient (Wildman–Crippen LogP) is 3.85. The first kappa shape index (κ1) is 13.4. The van der Waals surface area contributed by atoms with E-state index in [2.05, 4.69) is 0 Å². The molecule has 0 aliphatic carbocycles. The topological polar surface area (TPSA) is 9.23 Å². The molecule has 0 fully saturated rings. The second kappa shape index (κ2) is 6.81. The van der Waals surface area contributed by atoms with Gasteiger partial charge >= 0.3 is 5.51 Å². The molecule has 90 valence electrons. The van der Waals surface area contributed by atoms with Crippen molar-refractivity contribution in [3.63, 3.8) is 0 Å². The Kier molecular flexibility index (Phi) is 5.69. The summed E-state index contributed by atoms with van der Waals surface area (Å²) < 4.78 is 40.5. The van der Waals surface area contributed by atoms with E-state index in [4.69, 9.17) is 4.74 Å². The summed E-state index contributed by atoms with van der Waals surface area (Å²) in [7, 11) is 0. The van der Waals surface area contributed by atoms with E-state index < -0.39 is 5.51 Å². The molecule has 0 saturated heterocycles. The summed E-state index contributed by atoms with van der Waals surface area (Å²) in [6, 6.07) is 9.55. The quantitative estimate of drug-likeness (QED) is 0.709. The standard InChI is InChI=1S/C11H13F3OS/c12-11(13,14)16-8-4-7-15-9-10-5-2-1-3-6-10/h1-3,5-6H,4,7-9H2. The number of hydrogen-bond acceptors (Lipinski definition) is 2. The van der Waals surface area contributed by atoms with E-state index in [9.17, 15) is 13.2 Å². The maximum atomic E-state index is 11.8. The lowest BCUT2D eigenvalue weighted by atomic mass is 10.2. The molecule has 1 rings (SSSR count). The van der Waals surface area contributed by atoms with Crippen molar-refractivity contribution in [2.24, 2.45) is 0 Å². The average molecular weight is 250 g/mol. The summed E-state index contributed by atoms with van der Waals surface area (Å²) in [4.78, 5) is 0. The average Bonchev–Trinajstić information content (AvgIpc) is 2.23. The van der Waals surface area contributed by atoms with E-state index >= 15 is 0 Å². The molecular formula is C11H13F3OS. The molecule has 0 aliphatic heterocycles. The zero-order valence-corrected chi connectivity index (χ0v) is 9.48. The van der Waals surface area contributed by atoms with Gasteiger partial charge in [0.1, 0.15) is 0 Å². The van der Waals surface area contributed by atoms with Crippen molar-refractivity contribution >= 4 is 11.8 Å². The SMILES string of the molecule is FC(F)(F)SCCCOCc1ccccc1. The van der Waals surface area contributed by atoms with Gasteiger partial charge in [-0.2, -0.15) is 13.2 Å². The largest absolute Gasteiger partial charge is 0.441 e. The Morgan fingerprint density at radius 2 is 1.81 bits per heavy atom. The zero-order chi connectivity index (χ0) is 11.9. The van der Waals surface area contributed by atoms with Crippen LogP contribution >= 0.6 is 11.8 Å². The van der Waals surface area contributed by atoms with Gasteiger partial charge in [0.15, 0.2) is 0 Å². The van der Waals surface area contributed by atoms with Gasteiger partial charge in [0, 0.05) is 12.4 Å². The Hall–Kier alpha value is -0.680. The van der Waals surface area contributed by atoms with Crippen molar-refractivity contribution in [3.05, 3.63) is 35.9 Å². The van der Waals surface area contributed by atoms with E-state index in [0.717, 1.165) is 5.56 Å². The molecule has 1 aromatic carbocycles. The van der Waals surface area contributed by atoms with Crippen molar-refractivity contribution in [1.29, 1.82) is 0 Å². The minimum absolute atomic E-state index is 0.000181. The van der Waals surface area contributed by atoms with Crippen LogP contribution in [0.15, 0.2) is 30.3 Å². The highest BCUT2D eigenvalue weighted by atomic mass is 32.2. The molecule has 0 heterocycles. The molecular weight excluding hydrogens is 237 g/mol. The Bertz CT molecular complexity index is 287. The monoisotopic (exact) mass is 250 g/mol. The van der Waals surface area contributed by atoms with Crippen molar-refractivity contribution in [1.82, 2.24) is 0 Å². The summed E-state index contributed by atoms with van der Waals surface area (Å²) in [5, 5.41) is 0. The summed E-state index contributed by atoms with van der Waals surface area (Å²) in [5.74, 6) is 0.0539. The third-order valence-corrected chi connectivity index (χ3v) is 2.63. The molecule has 0 unspecified atom stereocenters. The number of thioether (sulfide) groups is 1. The normalized spacial score (nSPS) is 11.7. The number of hydrogen-bond donors (Lipinski definition) is 0. The van der Waals surface area contributed by atoms with Gasteiger partial charge in [-0.3, -0.25) is 0 Å². The van der Waals surface area contributed by atoms with Gasteiger partial charge < -0.3 is 4.74 Å². The summed E-state index contributed by atoms with van der Waals surface area (Å²) in [6.07, 6.45) is 0.414. The Balaban J connectivity index is 2.01. The van der Waals surface area contributed by atoms with Gasteiger partial charge in [-0.25, -0.2) is 0 Å². The molecule has 0 atom stereocenters. The fourth-order valence-electron chi connectivity index (χ4n) is 1.11. The molecule has 0 radical (unpaired) electrons.